The van der Waals surface area contributed by atoms with E-state index in [-0.39, 0.29) is 11.8 Å². The number of para-hydroxylation sites is 1. The fourth-order valence-electron chi connectivity index (χ4n) is 6.79. The average Bonchev–Trinajstić information content (AvgIpc) is 3.48. The summed E-state index contributed by atoms with van der Waals surface area (Å²) in [4.78, 5) is 11.1. The molecular formula is C44H49N3O2. The monoisotopic (exact) mass is 651 g/mol. The van der Waals surface area contributed by atoms with E-state index in [1.165, 1.54) is 16.3 Å². The zero-order valence-corrected chi connectivity index (χ0v) is 29.2. The van der Waals surface area contributed by atoms with Crippen molar-refractivity contribution in [1.82, 2.24) is 0 Å². The normalized spacial score (nSPS) is 16.0. The molecule has 0 aromatic heterocycles. The summed E-state index contributed by atoms with van der Waals surface area (Å²) >= 11 is 0. The molecule has 3 aromatic rings. The molecule has 0 saturated heterocycles. The number of anilines is 2. The molecule has 49 heavy (non-hydrogen) atoms. The molecule has 2 unspecified atom stereocenters. The fourth-order valence-corrected chi connectivity index (χ4v) is 6.79. The number of nitrogens with zero attached hydrogens (tertiary/aromatic N) is 1. The summed E-state index contributed by atoms with van der Waals surface area (Å²) in [7, 11) is 0. The van der Waals surface area contributed by atoms with Gasteiger partial charge >= 0.3 is 5.97 Å². The number of rotatable bonds is 16. The van der Waals surface area contributed by atoms with Crippen LogP contribution in [0.3, 0.4) is 0 Å². The van der Waals surface area contributed by atoms with Crippen LogP contribution in [0.25, 0.3) is 10.8 Å². The van der Waals surface area contributed by atoms with Crippen LogP contribution >= 0.6 is 0 Å². The molecule has 1 aliphatic carbocycles. The van der Waals surface area contributed by atoms with Crippen LogP contribution in [0.4, 0.5) is 11.4 Å². The van der Waals surface area contributed by atoms with Gasteiger partial charge in [-0.05, 0) is 91.1 Å². The topological polar surface area (TPSA) is 85.2 Å². The van der Waals surface area contributed by atoms with E-state index in [9.17, 15) is 10.1 Å². The van der Waals surface area contributed by atoms with Gasteiger partial charge in [-0.2, -0.15) is 5.26 Å². The van der Waals surface area contributed by atoms with Crippen LogP contribution in [0.1, 0.15) is 76.8 Å². The van der Waals surface area contributed by atoms with Crippen LogP contribution in [0, 0.1) is 23.2 Å². The lowest BCUT2D eigenvalue weighted by molar-refractivity contribution is -0.136. The SMILES string of the molecule is C=CCC(C)(C#C/C=C1\CCC(/C=C/CC(C)(CC=C)c2ccccc2NCCC(=O)O)=C1C#N)c1c(NCCC)ccc2ccccc12. The van der Waals surface area contributed by atoms with Crippen molar-refractivity contribution in [3.8, 4) is 17.9 Å². The predicted octanol–water partition coefficient (Wildman–Crippen LogP) is 10.4. The number of carboxylic acid groups (broad SMARTS) is 1. The van der Waals surface area contributed by atoms with E-state index in [0.29, 0.717) is 18.5 Å². The van der Waals surface area contributed by atoms with Crippen LogP contribution in [0.15, 0.2) is 121 Å². The fraction of sp³-hybridized carbons (Fsp3) is 0.318. The quantitative estimate of drug-likeness (QED) is 0.106. The van der Waals surface area contributed by atoms with Crippen molar-refractivity contribution in [3.05, 3.63) is 132 Å². The Kier molecular flexibility index (Phi) is 12.9. The third-order valence-electron chi connectivity index (χ3n) is 9.32. The van der Waals surface area contributed by atoms with Gasteiger partial charge < -0.3 is 15.7 Å². The van der Waals surface area contributed by atoms with Gasteiger partial charge in [-0.15, -0.1) is 13.2 Å². The van der Waals surface area contributed by atoms with Gasteiger partial charge in [-0.25, -0.2) is 0 Å². The van der Waals surface area contributed by atoms with Gasteiger partial charge in [0.05, 0.1) is 23.5 Å². The van der Waals surface area contributed by atoms with E-state index in [1.807, 2.05) is 36.4 Å². The van der Waals surface area contributed by atoms with Crippen molar-refractivity contribution in [2.45, 2.75) is 76.5 Å². The molecule has 0 fully saturated rings. The highest BCUT2D eigenvalue weighted by Crippen LogP contribution is 2.40. The summed E-state index contributed by atoms with van der Waals surface area (Å²) in [5.41, 5.74) is 6.28. The first-order chi connectivity index (χ1) is 23.7. The number of benzene rings is 3. The standard InChI is InChI=1S/C44H49N3O2/c1-6-26-43(4,38-19-11-12-20-39(38)47-31-25-41(48)49)28-13-16-34-21-22-35(37(34)32-45)17-14-29-44(5,27-7-2)42-36-18-10-9-15-33(36)23-24-40(42)46-30-8-3/h6-7,9-13,15-20,23-24,46-47H,1-2,8,21-22,25-28,30-31H2,3-5H3,(H,48,49)/b16-13+,35-17+. The second-order valence-electron chi connectivity index (χ2n) is 13.2. The summed E-state index contributed by atoms with van der Waals surface area (Å²) < 4.78 is 0. The molecule has 0 heterocycles. The summed E-state index contributed by atoms with van der Waals surface area (Å²) in [6.45, 7) is 15.9. The van der Waals surface area contributed by atoms with Gasteiger partial charge in [0, 0.05) is 35.4 Å². The van der Waals surface area contributed by atoms with Crippen LogP contribution in [0.2, 0.25) is 0 Å². The molecular weight excluding hydrogens is 603 g/mol. The van der Waals surface area contributed by atoms with Crippen molar-refractivity contribution in [3.63, 3.8) is 0 Å². The summed E-state index contributed by atoms with van der Waals surface area (Å²) in [5, 5.41) is 28.6. The molecule has 0 saturated carbocycles. The number of nitriles is 1. The van der Waals surface area contributed by atoms with E-state index < -0.39 is 11.4 Å². The minimum absolute atomic E-state index is 0.0472. The van der Waals surface area contributed by atoms with E-state index in [1.54, 1.807) is 0 Å². The van der Waals surface area contributed by atoms with Crippen LogP contribution in [0.5, 0.6) is 0 Å². The molecule has 3 aromatic carbocycles. The Hall–Kier alpha value is -5.26. The molecule has 2 atom stereocenters. The Morgan fingerprint density at radius 1 is 0.939 bits per heavy atom. The molecule has 0 bridgehead atoms. The van der Waals surface area contributed by atoms with Crippen LogP contribution in [-0.2, 0) is 15.6 Å². The Balaban J connectivity index is 1.62. The number of fused-ring (bicyclic) bond motifs is 1. The van der Waals surface area contributed by atoms with Gasteiger partial charge in [0.2, 0.25) is 0 Å². The largest absolute Gasteiger partial charge is 0.481 e. The minimum atomic E-state index is -0.830. The van der Waals surface area contributed by atoms with E-state index >= 15 is 0 Å². The molecule has 0 radical (unpaired) electrons. The van der Waals surface area contributed by atoms with Gasteiger partial charge in [0.25, 0.3) is 0 Å². The first-order valence-corrected chi connectivity index (χ1v) is 17.2. The first kappa shape index (κ1) is 36.6. The average molecular weight is 652 g/mol. The van der Waals surface area contributed by atoms with Gasteiger partial charge in [0.15, 0.2) is 0 Å². The smallest absolute Gasteiger partial charge is 0.305 e. The third kappa shape index (κ3) is 9.01. The highest BCUT2D eigenvalue weighted by Gasteiger charge is 2.29. The molecule has 252 valence electrons. The Bertz CT molecular complexity index is 1880. The number of hydrogen-bond donors (Lipinski definition) is 3. The van der Waals surface area contributed by atoms with Crippen LogP contribution in [-0.4, -0.2) is 24.2 Å². The lowest BCUT2D eigenvalue weighted by atomic mass is 9.75. The van der Waals surface area contributed by atoms with Crippen molar-refractivity contribution >= 4 is 28.1 Å². The number of carbonyl (C=O) groups is 1. The number of nitrogens with one attached hydrogen (secondary N) is 2. The minimum Gasteiger partial charge on any atom is -0.481 e. The third-order valence-corrected chi connectivity index (χ3v) is 9.32. The van der Waals surface area contributed by atoms with Gasteiger partial charge in [-0.3, -0.25) is 4.79 Å². The lowest BCUT2D eigenvalue weighted by Crippen LogP contribution is -2.23. The molecule has 5 heteroatoms. The number of aliphatic carboxylic acids is 1. The van der Waals surface area contributed by atoms with Crippen molar-refractivity contribution in [2.24, 2.45) is 0 Å². The Morgan fingerprint density at radius 3 is 2.41 bits per heavy atom. The zero-order chi connectivity index (χ0) is 35.3. The van der Waals surface area contributed by atoms with Crippen molar-refractivity contribution in [2.75, 3.05) is 23.7 Å². The van der Waals surface area contributed by atoms with E-state index in [2.05, 4.69) is 117 Å². The first-order valence-electron chi connectivity index (χ1n) is 17.2. The second kappa shape index (κ2) is 17.2. The van der Waals surface area contributed by atoms with E-state index in [4.69, 9.17) is 5.11 Å². The van der Waals surface area contributed by atoms with Crippen LogP contribution < -0.4 is 10.6 Å². The maximum atomic E-state index is 11.1. The predicted molar refractivity (Wildman–Crippen MR) is 206 cm³/mol. The number of allylic oxidation sites excluding steroid dienone is 8. The Labute approximate surface area is 292 Å². The van der Waals surface area contributed by atoms with Crippen molar-refractivity contribution in [1.29, 1.82) is 5.26 Å². The summed E-state index contributed by atoms with van der Waals surface area (Å²) in [6, 6.07) is 23.3. The van der Waals surface area contributed by atoms with Gasteiger partial charge in [0.1, 0.15) is 0 Å². The van der Waals surface area contributed by atoms with Gasteiger partial charge in [-0.1, -0.05) is 98.5 Å². The summed E-state index contributed by atoms with van der Waals surface area (Å²) in [5.74, 6) is 6.15. The molecule has 4 rings (SSSR count). The molecule has 3 N–H and O–H groups in total. The highest BCUT2D eigenvalue weighted by atomic mass is 16.4. The van der Waals surface area contributed by atoms with E-state index in [0.717, 1.165) is 66.7 Å². The molecule has 0 aliphatic heterocycles. The number of hydrogen-bond acceptors (Lipinski definition) is 4. The number of carboxylic acids is 1. The second-order valence-corrected chi connectivity index (χ2v) is 13.2. The maximum Gasteiger partial charge on any atom is 0.305 e. The molecule has 5 nitrogen and oxygen atoms in total. The lowest BCUT2D eigenvalue weighted by Gasteiger charge is -2.30. The molecule has 0 spiro atoms. The van der Waals surface area contributed by atoms with Crippen molar-refractivity contribution < 1.29 is 9.90 Å². The Morgan fingerprint density at radius 2 is 1.67 bits per heavy atom. The highest BCUT2D eigenvalue weighted by molar-refractivity contribution is 5.92. The zero-order valence-electron chi connectivity index (χ0n) is 29.2. The maximum absolute atomic E-state index is 11.1. The molecule has 0 amide bonds. The molecule has 1 aliphatic rings. The summed E-state index contributed by atoms with van der Waals surface area (Å²) in [6.07, 6.45) is 14.9.